The molecule has 132 valence electrons. The van der Waals surface area contributed by atoms with Crippen molar-refractivity contribution in [3.8, 4) is 17.2 Å². The number of aryl methyl sites for hydroxylation is 2. The fourth-order valence-corrected chi connectivity index (χ4v) is 5.24. The number of nitrogens with zero attached hydrogens (tertiary/aromatic N) is 2. The van der Waals surface area contributed by atoms with Crippen LogP contribution >= 0.6 is 23.1 Å². The number of unbranched alkanes of at least 4 members (excludes halogenated alkanes) is 1. The second kappa shape index (κ2) is 7.65. The lowest BCUT2D eigenvalue weighted by molar-refractivity contribution is 0.686. The van der Waals surface area contributed by atoms with Gasteiger partial charge in [-0.2, -0.15) is 5.26 Å². The van der Waals surface area contributed by atoms with E-state index >= 15 is 0 Å². The van der Waals surface area contributed by atoms with Crippen LogP contribution < -0.4 is 5.56 Å². The summed E-state index contributed by atoms with van der Waals surface area (Å²) in [6, 6.07) is 8.74. The van der Waals surface area contributed by atoms with Crippen molar-refractivity contribution in [3.05, 3.63) is 45.1 Å². The first-order chi connectivity index (χ1) is 12.8. The van der Waals surface area contributed by atoms with Crippen LogP contribution in [0, 0.1) is 11.3 Å². The Morgan fingerprint density at radius 3 is 2.96 bits per heavy atom. The van der Waals surface area contributed by atoms with Gasteiger partial charge in [-0.05, 0) is 48.8 Å². The molecular formula is C20H19N3OS2. The summed E-state index contributed by atoms with van der Waals surface area (Å²) in [4.78, 5) is 21.0. The number of benzene rings is 1. The van der Waals surface area contributed by atoms with E-state index < -0.39 is 0 Å². The molecule has 3 aromatic rings. The number of hydrogen-bond donors (Lipinski definition) is 1. The van der Waals surface area contributed by atoms with Crippen molar-refractivity contribution in [2.24, 2.45) is 0 Å². The molecule has 0 aliphatic heterocycles. The SMILES string of the molecule is N#CCCCSc1nc2scc(-c3ccc4c(c3)CCCC4)c2c(=O)[nH]1. The van der Waals surface area contributed by atoms with Gasteiger partial charge < -0.3 is 4.98 Å². The number of nitriles is 1. The van der Waals surface area contributed by atoms with Crippen LogP contribution in [-0.4, -0.2) is 15.7 Å². The van der Waals surface area contributed by atoms with E-state index in [1.807, 2.05) is 5.38 Å². The molecule has 0 radical (unpaired) electrons. The van der Waals surface area contributed by atoms with E-state index in [0.717, 1.165) is 41.0 Å². The molecule has 1 aromatic carbocycles. The van der Waals surface area contributed by atoms with Gasteiger partial charge in [-0.3, -0.25) is 4.79 Å². The molecule has 0 saturated heterocycles. The molecule has 26 heavy (non-hydrogen) atoms. The Morgan fingerprint density at radius 2 is 2.12 bits per heavy atom. The van der Waals surface area contributed by atoms with Gasteiger partial charge in [0.15, 0.2) is 5.16 Å². The minimum Gasteiger partial charge on any atom is -0.301 e. The van der Waals surface area contributed by atoms with Gasteiger partial charge in [0.05, 0.1) is 11.5 Å². The normalized spacial score (nSPS) is 13.5. The zero-order valence-corrected chi connectivity index (χ0v) is 16.0. The van der Waals surface area contributed by atoms with Crippen molar-refractivity contribution in [3.63, 3.8) is 0 Å². The maximum absolute atomic E-state index is 12.7. The quantitative estimate of drug-likeness (QED) is 0.387. The highest BCUT2D eigenvalue weighted by Crippen LogP contribution is 2.34. The molecule has 0 bridgehead atoms. The van der Waals surface area contributed by atoms with Gasteiger partial charge >= 0.3 is 0 Å². The Hall–Kier alpha value is -2.10. The van der Waals surface area contributed by atoms with Crippen LogP contribution in [0.1, 0.15) is 36.8 Å². The highest BCUT2D eigenvalue weighted by Gasteiger charge is 2.15. The second-order valence-corrected chi connectivity index (χ2v) is 8.44. The van der Waals surface area contributed by atoms with Crippen LogP contribution in [0.25, 0.3) is 21.3 Å². The summed E-state index contributed by atoms with van der Waals surface area (Å²) in [7, 11) is 0. The number of aromatic amines is 1. The highest BCUT2D eigenvalue weighted by molar-refractivity contribution is 7.99. The number of rotatable bonds is 5. The first-order valence-electron chi connectivity index (χ1n) is 8.89. The van der Waals surface area contributed by atoms with Gasteiger partial charge in [0.2, 0.25) is 0 Å². The first kappa shape index (κ1) is 17.3. The largest absolute Gasteiger partial charge is 0.301 e. The Balaban J connectivity index is 1.67. The van der Waals surface area contributed by atoms with Crippen molar-refractivity contribution in [2.45, 2.75) is 43.7 Å². The minimum absolute atomic E-state index is 0.0771. The number of aromatic nitrogens is 2. The molecule has 4 rings (SSSR count). The van der Waals surface area contributed by atoms with Gasteiger partial charge in [0, 0.05) is 23.1 Å². The number of H-pyrrole nitrogens is 1. The molecule has 6 heteroatoms. The first-order valence-corrected chi connectivity index (χ1v) is 10.8. The standard InChI is InChI=1S/C20H19N3OS2/c21-9-3-4-10-25-20-22-18(24)17-16(12-26-19(17)23-20)15-8-7-13-5-1-2-6-14(13)11-15/h7-8,11-12H,1-6,10H2,(H,22,23,24). The number of thioether (sulfide) groups is 1. The van der Waals surface area contributed by atoms with E-state index in [1.165, 1.54) is 47.1 Å². The van der Waals surface area contributed by atoms with E-state index in [9.17, 15) is 4.79 Å². The van der Waals surface area contributed by atoms with Crippen LogP contribution in [0.4, 0.5) is 0 Å². The van der Waals surface area contributed by atoms with Crippen molar-refractivity contribution in [1.29, 1.82) is 5.26 Å². The number of fused-ring (bicyclic) bond motifs is 2. The van der Waals surface area contributed by atoms with Crippen molar-refractivity contribution in [1.82, 2.24) is 9.97 Å². The zero-order chi connectivity index (χ0) is 17.9. The molecule has 2 aromatic heterocycles. The monoisotopic (exact) mass is 381 g/mol. The Morgan fingerprint density at radius 1 is 1.27 bits per heavy atom. The third-order valence-electron chi connectivity index (χ3n) is 4.75. The fourth-order valence-electron chi connectivity index (χ4n) is 3.43. The van der Waals surface area contributed by atoms with Gasteiger partial charge in [-0.15, -0.1) is 11.3 Å². The van der Waals surface area contributed by atoms with Crippen LogP contribution in [-0.2, 0) is 12.8 Å². The molecule has 1 aliphatic carbocycles. The Bertz CT molecular complexity index is 1050. The molecule has 0 amide bonds. The molecule has 1 N–H and O–H groups in total. The Labute approximate surface area is 160 Å². The van der Waals surface area contributed by atoms with Gasteiger partial charge in [-0.1, -0.05) is 30.0 Å². The summed E-state index contributed by atoms with van der Waals surface area (Å²) in [6.07, 6.45) is 6.13. The Kier molecular flexibility index (Phi) is 5.09. The van der Waals surface area contributed by atoms with Gasteiger partial charge in [0.1, 0.15) is 4.83 Å². The summed E-state index contributed by atoms with van der Waals surface area (Å²) >= 11 is 3.02. The molecule has 0 unspecified atom stereocenters. The van der Waals surface area contributed by atoms with Crippen molar-refractivity contribution >= 4 is 33.3 Å². The fraction of sp³-hybridized carbons (Fsp3) is 0.350. The number of nitrogens with one attached hydrogen (secondary N) is 1. The lowest BCUT2D eigenvalue weighted by Gasteiger charge is -2.16. The lowest BCUT2D eigenvalue weighted by atomic mass is 9.89. The van der Waals surface area contributed by atoms with E-state index in [0.29, 0.717) is 17.0 Å². The summed E-state index contributed by atoms with van der Waals surface area (Å²) in [5, 5.41) is 12.0. The minimum atomic E-state index is -0.0771. The average Bonchev–Trinajstić information content (AvgIpc) is 3.09. The summed E-state index contributed by atoms with van der Waals surface area (Å²) in [5.41, 5.74) is 4.88. The van der Waals surface area contributed by atoms with Crippen LogP contribution in [0.15, 0.2) is 33.5 Å². The predicted octanol–water partition coefficient (Wildman–Crippen LogP) is 4.93. The van der Waals surface area contributed by atoms with E-state index in [4.69, 9.17) is 5.26 Å². The summed E-state index contributed by atoms with van der Waals surface area (Å²) < 4.78 is 0. The lowest BCUT2D eigenvalue weighted by Crippen LogP contribution is -2.09. The molecule has 0 spiro atoms. The molecule has 0 fully saturated rings. The zero-order valence-electron chi connectivity index (χ0n) is 14.4. The van der Waals surface area contributed by atoms with Crippen molar-refractivity contribution in [2.75, 3.05) is 5.75 Å². The number of hydrogen-bond acceptors (Lipinski definition) is 5. The molecule has 0 atom stereocenters. The highest BCUT2D eigenvalue weighted by atomic mass is 32.2. The third kappa shape index (κ3) is 3.42. The van der Waals surface area contributed by atoms with E-state index in [2.05, 4.69) is 34.2 Å². The maximum Gasteiger partial charge on any atom is 0.260 e. The third-order valence-corrected chi connectivity index (χ3v) is 6.59. The number of thiophene rings is 1. The maximum atomic E-state index is 12.7. The van der Waals surface area contributed by atoms with E-state index in [-0.39, 0.29) is 5.56 Å². The van der Waals surface area contributed by atoms with Crippen LogP contribution in [0.3, 0.4) is 0 Å². The van der Waals surface area contributed by atoms with Crippen LogP contribution in [0.5, 0.6) is 0 Å². The van der Waals surface area contributed by atoms with Gasteiger partial charge in [0.25, 0.3) is 5.56 Å². The topological polar surface area (TPSA) is 69.5 Å². The summed E-state index contributed by atoms with van der Waals surface area (Å²) in [5.74, 6) is 0.783. The average molecular weight is 382 g/mol. The molecule has 4 nitrogen and oxygen atoms in total. The molecule has 0 saturated carbocycles. The van der Waals surface area contributed by atoms with Crippen molar-refractivity contribution < 1.29 is 0 Å². The van der Waals surface area contributed by atoms with E-state index in [1.54, 1.807) is 0 Å². The smallest absolute Gasteiger partial charge is 0.260 e. The summed E-state index contributed by atoms with van der Waals surface area (Å²) in [6.45, 7) is 0. The van der Waals surface area contributed by atoms with Crippen LogP contribution in [0.2, 0.25) is 0 Å². The molecular weight excluding hydrogens is 362 g/mol. The molecule has 1 aliphatic rings. The van der Waals surface area contributed by atoms with Gasteiger partial charge in [-0.25, -0.2) is 4.98 Å². The second-order valence-electron chi connectivity index (χ2n) is 6.50. The molecule has 2 heterocycles. The predicted molar refractivity (Wildman–Crippen MR) is 108 cm³/mol.